The number of aliphatic hydroxyl groups excluding tert-OH is 1. The zero-order valence-electron chi connectivity index (χ0n) is 18.3. The van der Waals surface area contributed by atoms with Crippen LogP contribution in [0.5, 0.6) is 0 Å². The number of hydrogen-bond acceptors (Lipinski definition) is 6. The lowest BCUT2D eigenvalue weighted by Crippen LogP contribution is -2.57. The lowest BCUT2D eigenvalue weighted by atomic mass is 10.0. The summed E-state index contributed by atoms with van der Waals surface area (Å²) >= 11 is 0. The monoisotopic (exact) mass is 428 g/mol. The molecule has 1 aliphatic heterocycles. The highest BCUT2D eigenvalue weighted by Gasteiger charge is 2.38. The standard InChI is InChI=1S/C20H36N4O6/c1-11(2)8-13(21)19(28)24-7-5-6-16(24)18(27)22-14(9-12(3)4)17(26)23-15(10-25)20(29)30/h11-16,25H,5-10,21H2,1-4H3,(H,22,27)(H,23,26)(H,29,30). The number of carbonyl (C=O) groups is 4. The Morgan fingerprint density at radius 2 is 1.63 bits per heavy atom. The van der Waals surface area contributed by atoms with Crippen LogP contribution in [-0.4, -0.2) is 76.1 Å². The van der Waals surface area contributed by atoms with Gasteiger partial charge in [-0.2, -0.15) is 0 Å². The number of carboxylic acids is 1. The zero-order chi connectivity index (χ0) is 23.0. The van der Waals surface area contributed by atoms with Crippen molar-refractivity contribution in [1.82, 2.24) is 15.5 Å². The number of aliphatic hydroxyl groups is 1. The minimum atomic E-state index is -1.46. The van der Waals surface area contributed by atoms with Crippen LogP contribution in [0.25, 0.3) is 0 Å². The van der Waals surface area contributed by atoms with E-state index in [9.17, 15) is 19.2 Å². The lowest BCUT2D eigenvalue weighted by molar-refractivity contribution is -0.144. The number of carboxylic acid groups (broad SMARTS) is 1. The molecule has 0 saturated carbocycles. The first-order valence-corrected chi connectivity index (χ1v) is 10.5. The number of rotatable bonds is 11. The molecule has 0 bridgehead atoms. The Bertz CT molecular complexity index is 624. The topological polar surface area (TPSA) is 162 Å². The Hall–Kier alpha value is -2.20. The van der Waals surface area contributed by atoms with Gasteiger partial charge in [-0.05, 0) is 37.5 Å². The van der Waals surface area contributed by atoms with E-state index >= 15 is 0 Å². The van der Waals surface area contributed by atoms with Crippen molar-refractivity contribution < 1.29 is 29.4 Å². The second kappa shape index (κ2) is 11.8. The normalized spacial score (nSPS) is 19.5. The quantitative estimate of drug-likeness (QED) is 0.295. The van der Waals surface area contributed by atoms with Crippen LogP contribution in [0.2, 0.25) is 0 Å². The number of nitrogens with two attached hydrogens (primary N) is 1. The van der Waals surface area contributed by atoms with E-state index in [1.807, 2.05) is 27.7 Å². The predicted octanol–water partition coefficient (Wildman–Crippen LogP) is -0.557. The summed E-state index contributed by atoms with van der Waals surface area (Å²) in [5.41, 5.74) is 6.01. The molecule has 4 atom stereocenters. The Morgan fingerprint density at radius 3 is 2.13 bits per heavy atom. The molecule has 1 aliphatic rings. The van der Waals surface area contributed by atoms with Gasteiger partial charge in [0.25, 0.3) is 0 Å². The average molecular weight is 429 g/mol. The number of nitrogens with one attached hydrogen (secondary N) is 2. The molecule has 6 N–H and O–H groups in total. The smallest absolute Gasteiger partial charge is 0.328 e. The molecule has 1 rings (SSSR count). The fourth-order valence-electron chi connectivity index (χ4n) is 3.55. The molecule has 4 unspecified atom stereocenters. The second-order valence-corrected chi connectivity index (χ2v) is 8.70. The largest absolute Gasteiger partial charge is 0.480 e. The van der Waals surface area contributed by atoms with E-state index in [-0.39, 0.29) is 24.2 Å². The van der Waals surface area contributed by atoms with Gasteiger partial charge in [0.05, 0.1) is 12.6 Å². The third-order valence-electron chi connectivity index (χ3n) is 5.02. The molecule has 0 aromatic rings. The Morgan fingerprint density at radius 1 is 1.03 bits per heavy atom. The minimum Gasteiger partial charge on any atom is -0.480 e. The highest BCUT2D eigenvalue weighted by Crippen LogP contribution is 2.20. The van der Waals surface area contributed by atoms with Gasteiger partial charge in [-0.25, -0.2) is 4.79 Å². The van der Waals surface area contributed by atoms with Crippen LogP contribution >= 0.6 is 0 Å². The average Bonchev–Trinajstić information content (AvgIpc) is 3.13. The van der Waals surface area contributed by atoms with Crippen LogP contribution in [0.4, 0.5) is 0 Å². The van der Waals surface area contributed by atoms with Crippen molar-refractivity contribution in [3.05, 3.63) is 0 Å². The van der Waals surface area contributed by atoms with Gasteiger partial charge >= 0.3 is 5.97 Å². The van der Waals surface area contributed by atoms with Crippen LogP contribution in [0.3, 0.4) is 0 Å². The highest BCUT2D eigenvalue weighted by atomic mass is 16.4. The molecule has 0 aliphatic carbocycles. The number of amides is 3. The van der Waals surface area contributed by atoms with Crippen LogP contribution in [0.15, 0.2) is 0 Å². The molecule has 10 heteroatoms. The molecule has 3 amide bonds. The molecular weight excluding hydrogens is 392 g/mol. The summed E-state index contributed by atoms with van der Waals surface area (Å²) in [4.78, 5) is 50.7. The Balaban J connectivity index is 2.87. The first-order chi connectivity index (χ1) is 14.0. The number of hydrogen-bond donors (Lipinski definition) is 5. The molecule has 30 heavy (non-hydrogen) atoms. The van der Waals surface area contributed by atoms with Gasteiger partial charge in [0.1, 0.15) is 18.1 Å². The van der Waals surface area contributed by atoms with E-state index < -0.39 is 48.6 Å². The van der Waals surface area contributed by atoms with Crippen molar-refractivity contribution in [3.8, 4) is 0 Å². The van der Waals surface area contributed by atoms with E-state index in [0.29, 0.717) is 25.8 Å². The maximum atomic E-state index is 12.9. The summed E-state index contributed by atoms with van der Waals surface area (Å²) < 4.78 is 0. The molecular formula is C20H36N4O6. The fraction of sp³-hybridized carbons (Fsp3) is 0.800. The molecule has 172 valence electrons. The summed E-state index contributed by atoms with van der Waals surface area (Å²) in [7, 11) is 0. The van der Waals surface area contributed by atoms with Gasteiger partial charge in [-0.3, -0.25) is 14.4 Å². The molecule has 0 aromatic carbocycles. The number of carbonyl (C=O) groups excluding carboxylic acids is 3. The van der Waals surface area contributed by atoms with Crippen molar-refractivity contribution in [1.29, 1.82) is 0 Å². The fourth-order valence-corrected chi connectivity index (χ4v) is 3.55. The molecule has 1 saturated heterocycles. The van der Waals surface area contributed by atoms with E-state index in [0.717, 1.165) is 0 Å². The van der Waals surface area contributed by atoms with Gasteiger partial charge in [0.2, 0.25) is 17.7 Å². The first-order valence-electron chi connectivity index (χ1n) is 10.5. The van der Waals surface area contributed by atoms with E-state index in [4.69, 9.17) is 15.9 Å². The number of likely N-dealkylation sites (tertiary alicyclic amines) is 1. The summed E-state index contributed by atoms with van der Waals surface area (Å²) in [6, 6.07) is -3.84. The molecule has 10 nitrogen and oxygen atoms in total. The van der Waals surface area contributed by atoms with Crippen LogP contribution in [0, 0.1) is 11.8 Å². The van der Waals surface area contributed by atoms with E-state index in [1.54, 1.807) is 0 Å². The zero-order valence-corrected chi connectivity index (χ0v) is 18.3. The first kappa shape index (κ1) is 25.8. The summed E-state index contributed by atoms with van der Waals surface area (Å²) in [6.45, 7) is 7.32. The third kappa shape index (κ3) is 7.56. The molecule has 0 radical (unpaired) electrons. The number of aliphatic carboxylic acids is 1. The van der Waals surface area contributed by atoms with Crippen molar-refractivity contribution in [2.75, 3.05) is 13.2 Å². The third-order valence-corrected chi connectivity index (χ3v) is 5.02. The molecule has 0 aromatic heterocycles. The van der Waals surface area contributed by atoms with Crippen molar-refractivity contribution in [3.63, 3.8) is 0 Å². The minimum absolute atomic E-state index is 0.0410. The Kier molecular flexibility index (Phi) is 10.2. The van der Waals surface area contributed by atoms with Crippen molar-refractivity contribution >= 4 is 23.7 Å². The summed E-state index contributed by atoms with van der Waals surface area (Å²) in [5, 5.41) is 23.1. The van der Waals surface area contributed by atoms with Crippen LogP contribution in [0.1, 0.15) is 53.4 Å². The Labute approximate surface area is 177 Å². The van der Waals surface area contributed by atoms with Gasteiger partial charge in [-0.15, -0.1) is 0 Å². The number of nitrogens with zero attached hydrogens (tertiary/aromatic N) is 1. The molecule has 1 fully saturated rings. The lowest BCUT2D eigenvalue weighted by Gasteiger charge is -2.29. The van der Waals surface area contributed by atoms with Crippen LogP contribution in [-0.2, 0) is 19.2 Å². The van der Waals surface area contributed by atoms with E-state index in [1.165, 1.54) is 4.90 Å². The summed E-state index contributed by atoms with van der Waals surface area (Å²) in [5.74, 6) is -2.52. The molecule has 1 heterocycles. The van der Waals surface area contributed by atoms with Gasteiger partial charge in [0.15, 0.2) is 0 Å². The second-order valence-electron chi connectivity index (χ2n) is 8.70. The predicted molar refractivity (Wildman–Crippen MR) is 110 cm³/mol. The van der Waals surface area contributed by atoms with Gasteiger partial charge < -0.3 is 31.5 Å². The van der Waals surface area contributed by atoms with Gasteiger partial charge in [-0.1, -0.05) is 27.7 Å². The maximum Gasteiger partial charge on any atom is 0.328 e. The highest BCUT2D eigenvalue weighted by molar-refractivity contribution is 5.94. The van der Waals surface area contributed by atoms with Crippen LogP contribution < -0.4 is 16.4 Å². The van der Waals surface area contributed by atoms with Gasteiger partial charge in [0, 0.05) is 6.54 Å². The van der Waals surface area contributed by atoms with E-state index in [2.05, 4.69) is 10.6 Å². The molecule has 0 spiro atoms. The SMILES string of the molecule is CC(C)CC(N)C(=O)N1CCCC1C(=O)NC(CC(C)C)C(=O)NC(CO)C(=O)O. The summed E-state index contributed by atoms with van der Waals surface area (Å²) in [6.07, 6.45) is 1.92. The van der Waals surface area contributed by atoms with Crippen molar-refractivity contribution in [2.24, 2.45) is 17.6 Å². The maximum absolute atomic E-state index is 12.9. The van der Waals surface area contributed by atoms with Crippen molar-refractivity contribution in [2.45, 2.75) is 77.5 Å².